The summed E-state index contributed by atoms with van der Waals surface area (Å²) in [6.07, 6.45) is 1.88. The zero-order chi connectivity index (χ0) is 12.1. The molecule has 86 valence electrons. The Kier molecular flexibility index (Phi) is 2.10. The largest absolute Gasteiger partial charge is 0.244 e. The van der Waals surface area contributed by atoms with E-state index in [-0.39, 0.29) is 0 Å². The maximum Gasteiger partial charge on any atom is 0.130 e. The fourth-order valence-corrected chi connectivity index (χ4v) is 3.77. The highest BCUT2D eigenvalue weighted by Crippen LogP contribution is 2.38. The van der Waals surface area contributed by atoms with Crippen LogP contribution >= 0.6 is 22.9 Å². The number of hydrogen-bond donors (Lipinski definition) is 0. The lowest BCUT2D eigenvalue weighted by molar-refractivity contribution is 1.37. The summed E-state index contributed by atoms with van der Waals surface area (Å²) in [7, 11) is 0. The van der Waals surface area contributed by atoms with Gasteiger partial charge in [-0.2, -0.15) is 0 Å². The predicted octanol–water partition coefficient (Wildman–Crippen LogP) is 5.26. The lowest BCUT2D eigenvalue weighted by atomic mass is 10.1. The van der Waals surface area contributed by atoms with Crippen molar-refractivity contribution in [2.24, 2.45) is 0 Å². The average molecular weight is 270 g/mol. The van der Waals surface area contributed by atoms with E-state index in [0.29, 0.717) is 5.15 Å². The Balaban J connectivity index is 2.33. The van der Waals surface area contributed by atoms with Crippen LogP contribution in [0.3, 0.4) is 0 Å². The highest BCUT2D eigenvalue weighted by atomic mass is 35.5. The minimum absolute atomic E-state index is 0.554. The van der Waals surface area contributed by atoms with E-state index in [9.17, 15) is 0 Å². The topological polar surface area (TPSA) is 12.9 Å². The van der Waals surface area contributed by atoms with Crippen molar-refractivity contribution in [3.05, 3.63) is 53.8 Å². The monoisotopic (exact) mass is 269 g/mol. The third-order valence-corrected chi connectivity index (χ3v) is 4.54. The summed E-state index contributed by atoms with van der Waals surface area (Å²) in [4.78, 5) is 4.21. The van der Waals surface area contributed by atoms with E-state index in [1.165, 1.54) is 30.9 Å². The number of nitrogens with zero attached hydrogens (tertiary/aromatic N) is 1. The van der Waals surface area contributed by atoms with E-state index in [2.05, 4.69) is 41.4 Å². The third-order valence-electron chi connectivity index (χ3n) is 3.21. The van der Waals surface area contributed by atoms with Crippen molar-refractivity contribution < 1.29 is 0 Å². The Labute approximate surface area is 113 Å². The van der Waals surface area contributed by atoms with Gasteiger partial charge in [0.2, 0.25) is 0 Å². The third kappa shape index (κ3) is 1.36. The van der Waals surface area contributed by atoms with Crippen molar-refractivity contribution in [3.8, 4) is 0 Å². The molecule has 2 aromatic carbocycles. The van der Waals surface area contributed by atoms with Crippen molar-refractivity contribution in [1.82, 2.24) is 4.98 Å². The number of halogens is 1. The summed E-state index contributed by atoms with van der Waals surface area (Å²) in [5.74, 6) is 0. The maximum atomic E-state index is 5.96. The van der Waals surface area contributed by atoms with Gasteiger partial charge in [0.25, 0.3) is 0 Å². The SMILES string of the molecule is Clc1cc2sc3ccc4ccccc4c3c2cn1. The molecule has 4 aromatic rings. The first-order valence-electron chi connectivity index (χ1n) is 5.68. The molecular weight excluding hydrogens is 262 g/mol. The van der Waals surface area contributed by atoms with Crippen molar-refractivity contribution in [3.63, 3.8) is 0 Å². The van der Waals surface area contributed by atoms with Gasteiger partial charge in [-0.15, -0.1) is 11.3 Å². The lowest BCUT2D eigenvalue weighted by Gasteiger charge is -1.99. The molecule has 0 amide bonds. The molecule has 4 rings (SSSR count). The van der Waals surface area contributed by atoms with E-state index in [0.717, 1.165) is 0 Å². The molecule has 0 saturated heterocycles. The number of fused-ring (bicyclic) bond motifs is 5. The van der Waals surface area contributed by atoms with Gasteiger partial charge in [0.1, 0.15) is 5.15 Å². The molecule has 0 unspecified atom stereocenters. The lowest BCUT2D eigenvalue weighted by Crippen LogP contribution is -1.75. The first-order valence-corrected chi connectivity index (χ1v) is 6.88. The molecule has 1 nitrogen and oxygen atoms in total. The van der Waals surface area contributed by atoms with Crippen LogP contribution in [-0.2, 0) is 0 Å². The quantitative estimate of drug-likeness (QED) is 0.397. The number of thiophene rings is 1. The number of pyridine rings is 1. The summed E-state index contributed by atoms with van der Waals surface area (Å²) < 4.78 is 2.48. The van der Waals surface area contributed by atoms with Crippen LogP contribution in [0.25, 0.3) is 30.9 Å². The van der Waals surface area contributed by atoms with E-state index in [1.807, 2.05) is 12.3 Å². The van der Waals surface area contributed by atoms with Gasteiger partial charge in [-0.3, -0.25) is 0 Å². The smallest absolute Gasteiger partial charge is 0.130 e. The molecule has 0 N–H and O–H groups in total. The Hall–Kier alpha value is -1.64. The normalized spacial score (nSPS) is 11.6. The molecule has 0 radical (unpaired) electrons. The van der Waals surface area contributed by atoms with Crippen molar-refractivity contribution in [2.75, 3.05) is 0 Å². The second-order valence-corrected chi connectivity index (χ2v) is 5.74. The first-order chi connectivity index (χ1) is 8.83. The van der Waals surface area contributed by atoms with Gasteiger partial charge in [0, 0.05) is 26.4 Å². The Bertz CT molecular complexity index is 895. The molecule has 18 heavy (non-hydrogen) atoms. The first kappa shape index (κ1) is 10.3. The maximum absolute atomic E-state index is 5.96. The molecule has 0 aliphatic carbocycles. The van der Waals surface area contributed by atoms with Gasteiger partial charge < -0.3 is 0 Å². The molecule has 0 saturated carbocycles. The molecule has 3 heteroatoms. The van der Waals surface area contributed by atoms with Gasteiger partial charge in [-0.1, -0.05) is 41.9 Å². The van der Waals surface area contributed by atoms with E-state index in [1.54, 1.807) is 11.3 Å². The fourth-order valence-electron chi connectivity index (χ4n) is 2.42. The minimum Gasteiger partial charge on any atom is -0.244 e. The second kappa shape index (κ2) is 3.67. The van der Waals surface area contributed by atoms with E-state index in [4.69, 9.17) is 11.6 Å². The van der Waals surface area contributed by atoms with Crippen LogP contribution in [0.15, 0.2) is 48.7 Å². The predicted molar refractivity (Wildman–Crippen MR) is 79.6 cm³/mol. The molecule has 0 bridgehead atoms. The standard InChI is InChI=1S/C15H8ClNS/c16-14-7-13-11(8-17-14)15-10-4-2-1-3-9(10)5-6-12(15)18-13/h1-8H. The van der Waals surface area contributed by atoms with Gasteiger partial charge in [0.05, 0.1) is 0 Å². The molecule has 0 spiro atoms. The average Bonchev–Trinajstić information content (AvgIpc) is 2.76. The van der Waals surface area contributed by atoms with Gasteiger partial charge in [-0.05, 0) is 22.9 Å². The molecule has 0 atom stereocenters. The Morgan fingerprint density at radius 1 is 0.944 bits per heavy atom. The van der Waals surface area contributed by atoms with Gasteiger partial charge >= 0.3 is 0 Å². The summed E-state index contributed by atoms with van der Waals surface area (Å²) >= 11 is 7.73. The Morgan fingerprint density at radius 2 is 1.83 bits per heavy atom. The molecule has 2 heterocycles. The summed E-state index contributed by atoms with van der Waals surface area (Å²) in [5.41, 5.74) is 0. The highest BCUT2D eigenvalue weighted by Gasteiger charge is 2.09. The number of benzene rings is 2. The van der Waals surface area contributed by atoms with E-state index < -0.39 is 0 Å². The molecule has 2 aromatic heterocycles. The summed E-state index contributed by atoms with van der Waals surface area (Å²) in [6.45, 7) is 0. The number of hydrogen-bond acceptors (Lipinski definition) is 2. The Morgan fingerprint density at radius 3 is 2.78 bits per heavy atom. The zero-order valence-corrected chi connectivity index (χ0v) is 10.9. The van der Waals surface area contributed by atoms with Crippen molar-refractivity contribution >= 4 is 53.9 Å². The number of rotatable bonds is 0. The van der Waals surface area contributed by atoms with Crippen LogP contribution in [-0.4, -0.2) is 4.98 Å². The van der Waals surface area contributed by atoms with Crippen LogP contribution < -0.4 is 0 Å². The van der Waals surface area contributed by atoms with Crippen LogP contribution in [0.1, 0.15) is 0 Å². The molecule has 0 fully saturated rings. The van der Waals surface area contributed by atoms with Crippen LogP contribution in [0.2, 0.25) is 5.15 Å². The van der Waals surface area contributed by atoms with Crippen LogP contribution in [0.4, 0.5) is 0 Å². The summed E-state index contributed by atoms with van der Waals surface area (Å²) in [5, 5.41) is 5.58. The number of aromatic nitrogens is 1. The molecular formula is C15H8ClNS. The van der Waals surface area contributed by atoms with Crippen LogP contribution in [0.5, 0.6) is 0 Å². The van der Waals surface area contributed by atoms with Gasteiger partial charge in [0.15, 0.2) is 0 Å². The minimum atomic E-state index is 0.554. The van der Waals surface area contributed by atoms with E-state index >= 15 is 0 Å². The summed E-state index contributed by atoms with van der Waals surface area (Å²) in [6, 6.07) is 14.7. The second-order valence-electron chi connectivity index (χ2n) is 4.27. The fraction of sp³-hybridized carbons (Fsp3) is 0. The van der Waals surface area contributed by atoms with Crippen molar-refractivity contribution in [1.29, 1.82) is 0 Å². The molecule has 0 aliphatic heterocycles. The van der Waals surface area contributed by atoms with Crippen LogP contribution in [0, 0.1) is 0 Å². The zero-order valence-electron chi connectivity index (χ0n) is 9.35. The highest BCUT2D eigenvalue weighted by molar-refractivity contribution is 7.26. The van der Waals surface area contributed by atoms with Crippen molar-refractivity contribution in [2.45, 2.75) is 0 Å². The van der Waals surface area contributed by atoms with Gasteiger partial charge in [-0.25, -0.2) is 4.98 Å². The molecule has 0 aliphatic rings.